The number of benzene rings is 3. The Balaban J connectivity index is 1.63. The van der Waals surface area contributed by atoms with Crippen LogP contribution in [0.3, 0.4) is 0 Å². The number of hydrogen-bond donors (Lipinski definition) is 1. The first-order chi connectivity index (χ1) is 21.1. The molecule has 3 heterocycles. The second-order valence-electron chi connectivity index (χ2n) is 10.7. The van der Waals surface area contributed by atoms with Crippen LogP contribution in [-0.2, 0) is 15.8 Å². The van der Waals surface area contributed by atoms with E-state index in [1.54, 1.807) is 36.4 Å². The molecule has 1 atom stereocenters. The van der Waals surface area contributed by atoms with Crippen molar-refractivity contribution in [3.63, 3.8) is 0 Å². The van der Waals surface area contributed by atoms with Crippen molar-refractivity contribution >= 4 is 44.3 Å². The molecule has 1 amide bonds. The lowest BCUT2D eigenvalue weighted by Crippen LogP contribution is -2.48. The van der Waals surface area contributed by atoms with Crippen LogP contribution in [0.4, 0.5) is 11.4 Å². The van der Waals surface area contributed by atoms with Crippen molar-refractivity contribution in [3.05, 3.63) is 105 Å². The molecule has 1 aromatic heterocycles. The first-order valence-corrected chi connectivity index (χ1v) is 16.0. The summed E-state index contributed by atoms with van der Waals surface area (Å²) in [7, 11) is -5.11. The molecular weight excluding hydrogens is 582 g/mol. The fraction of sp³-hybridized carbons (Fsp3) is 0.273. The van der Waals surface area contributed by atoms with Crippen molar-refractivity contribution in [2.45, 2.75) is 33.2 Å². The molecule has 0 saturated heterocycles. The molecule has 1 N–H and O–H groups in total. The maximum Gasteiger partial charge on any atom is 0.363 e. The molecule has 0 saturated carbocycles. The third-order valence-electron chi connectivity index (χ3n) is 8.48. The summed E-state index contributed by atoms with van der Waals surface area (Å²) < 4.78 is 49.1. The maximum absolute atomic E-state index is 13.6. The third-order valence-corrected chi connectivity index (χ3v) is 9.40. The van der Waals surface area contributed by atoms with Gasteiger partial charge in [-0.1, -0.05) is 24.3 Å². The normalized spacial score (nSPS) is 17.3. The molecule has 1 spiro atoms. The van der Waals surface area contributed by atoms with Crippen molar-refractivity contribution in [2.75, 3.05) is 36.0 Å². The van der Waals surface area contributed by atoms with Crippen molar-refractivity contribution in [2.24, 2.45) is 0 Å². The standard InChI is InChI=1S/C33H33N3O7S/c1-5-34(6-2)22-14-13-21-17-25(32(38)43-28(21)18-22)30-20-33(27-16-15-23(19-29(27)42-30)35(7-3)8-4)26-12-10-9-11-24(26)31(37)36(33)44(39,40)41/h9-20H,5-8H2,1-4H3,(H,39,40,41). The minimum absolute atomic E-state index is 0.00387. The van der Waals surface area contributed by atoms with Crippen LogP contribution in [0.1, 0.15) is 54.7 Å². The number of hydrogen-bond acceptors (Lipinski definition) is 8. The van der Waals surface area contributed by atoms with E-state index < -0.39 is 27.4 Å². The predicted molar refractivity (Wildman–Crippen MR) is 170 cm³/mol. The lowest BCUT2D eigenvalue weighted by molar-refractivity contribution is 0.0818. The van der Waals surface area contributed by atoms with E-state index in [9.17, 15) is 22.6 Å². The molecule has 0 radical (unpaired) electrons. The van der Waals surface area contributed by atoms with Crippen LogP contribution in [-0.4, -0.2) is 49.4 Å². The van der Waals surface area contributed by atoms with Crippen molar-refractivity contribution < 1.29 is 26.9 Å². The van der Waals surface area contributed by atoms with Crippen LogP contribution in [0.5, 0.6) is 5.75 Å². The Morgan fingerprint density at radius 2 is 1.43 bits per heavy atom. The summed E-state index contributed by atoms with van der Waals surface area (Å²) in [5.74, 6) is -0.661. The predicted octanol–water partition coefficient (Wildman–Crippen LogP) is 5.42. The Morgan fingerprint density at radius 3 is 2.09 bits per heavy atom. The van der Waals surface area contributed by atoms with Crippen LogP contribution in [0, 0.1) is 0 Å². The summed E-state index contributed by atoms with van der Waals surface area (Å²) >= 11 is 0. The smallest absolute Gasteiger partial charge is 0.363 e. The van der Waals surface area contributed by atoms with Gasteiger partial charge in [0, 0.05) is 71.8 Å². The Labute approximate surface area is 255 Å². The quantitative estimate of drug-likeness (QED) is 0.205. The summed E-state index contributed by atoms with van der Waals surface area (Å²) in [6, 6.07) is 18.9. The zero-order valence-electron chi connectivity index (χ0n) is 24.9. The van der Waals surface area contributed by atoms with Gasteiger partial charge in [-0.15, -0.1) is 0 Å². The molecular formula is C33H33N3O7S. The average molecular weight is 616 g/mol. The molecule has 0 bridgehead atoms. The van der Waals surface area contributed by atoms with Gasteiger partial charge in [-0.25, -0.2) is 4.79 Å². The van der Waals surface area contributed by atoms with Gasteiger partial charge in [0.1, 0.15) is 28.2 Å². The lowest BCUT2D eigenvalue weighted by atomic mass is 9.80. The zero-order valence-corrected chi connectivity index (χ0v) is 25.7. The van der Waals surface area contributed by atoms with Crippen LogP contribution < -0.4 is 20.2 Å². The monoisotopic (exact) mass is 615 g/mol. The molecule has 2 aliphatic heterocycles. The Morgan fingerprint density at radius 1 is 0.795 bits per heavy atom. The number of anilines is 2. The van der Waals surface area contributed by atoms with Gasteiger partial charge in [-0.3, -0.25) is 9.35 Å². The fourth-order valence-corrected chi connectivity index (χ4v) is 7.28. The fourth-order valence-electron chi connectivity index (χ4n) is 6.36. The summed E-state index contributed by atoms with van der Waals surface area (Å²) in [4.78, 5) is 31.4. The summed E-state index contributed by atoms with van der Waals surface area (Å²) in [6.07, 6.45) is 1.41. The minimum Gasteiger partial charge on any atom is -0.456 e. The van der Waals surface area contributed by atoms with Gasteiger partial charge in [-0.05, 0) is 64.1 Å². The SMILES string of the molecule is CCN(CC)c1ccc2c(c1)OC(c1cc3ccc(N(CC)CC)cc3oc1=O)=CC21c2ccccc2C(=O)N1S(=O)(=O)O. The Kier molecular flexibility index (Phi) is 7.25. The van der Waals surface area contributed by atoms with Crippen molar-refractivity contribution in [1.29, 1.82) is 0 Å². The average Bonchev–Trinajstić information content (AvgIpc) is 3.26. The molecule has 11 heteroatoms. The summed E-state index contributed by atoms with van der Waals surface area (Å²) in [5, 5.41) is 0.631. The van der Waals surface area contributed by atoms with E-state index in [4.69, 9.17) is 9.15 Å². The number of nitrogens with zero attached hydrogens (tertiary/aromatic N) is 3. The summed E-state index contributed by atoms with van der Waals surface area (Å²) in [5.41, 5.74) is 0.365. The van der Waals surface area contributed by atoms with E-state index >= 15 is 0 Å². The largest absolute Gasteiger partial charge is 0.456 e. The van der Waals surface area contributed by atoms with Gasteiger partial charge >= 0.3 is 15.9 Å². The molecule has 1 unspecified atom stereocenters. The molecule has 3 aromatic carbocycles. The Hall–Kier alpha value is -4.61. The number of amides is 1. The molecule has 4 aromatic rings. The number of ether oxygens (including phenoxy) is 1. The third kappa shape index (κ3) is 4.46. The highest BCUT2D eigenvalue weighted by Crippen LogP contribution is 2.53. The highest BCUT2D eigenvalue weighted by atomic mass is 32.2. The van der Waals surface area contributed by atoms with Crippen LogP contribution in [0.25, 0.3) is 16.7 Å². The summed E-state index contributed by atoms with van der Waals surface area (Å²) in [6.45, 7) is 11.1. The molecule has 0 aliphatic carbocycles. The zero-order chi connectivity index (χ0) is 31.4. The van der Waals surface area contributed by atoms with Crippen molar-refractivity contribution in [1.82, 2.24) is 4.31 Å². The van der Waals surface area contributed by atoms with E-state index in [0.717, 1.165) is 24.5 Å². The van der Waals surface area contributed by atoms with E-state index in [1.807, 2.05) is 52.0 Å². The second kappa shape index (κ2) is 10.8. The maximum atomic E-state index is 13.6. The second-order valence-corrected chi connectivity index (χ2v) is 11.9. The highest BCUT2D eigenvalue weighted by Gasteiger charge is 2.57. The molecule has 10 nitrogen and oxygen atoms in total. The van der Waals surface area contributed by atoms with Crippen LogP contribution in [0.15, 0.2) is 82.0 Å². The molecule has 44 heavy (non-hydrogen) atoms. The van der Waals surface area contributed by atoms with Gasteiger partial charge < -0.3 is 19.0 Å². The van der Waals surface area contributed by atoms with Crippen molar-refractivity contribution in [3.8, 4) is 5.75 Å². The van der Waals surface area contributed by atoms with E-state index in [2.05, 4.69) is 9.80 Å². The molecule has 228 valence electrons. The van der Waals surface area contributed by atoms with Gasteiger partial charge in [0.2, 0.25) is 0 Å². The van der Waals surface area contributed by atoms with Gasteiger partial charge in [0.05, 0.1) is 0 Å². The van der Waals surface area contributed by atoms with E-state index in [-0.39, 0.29) is 22.6 Å². The number of rotatable bonds is 8. The van der Waals surface area contributed by atoms with Crippen LogP contribution >= 0.6 is 0 Å². The van der Waals surface area contributed by atoms with E-state index in [1.165, 1.54) is 12.1 Å². The highest BCUT2D eigenvalue weighted by molar-refractivity contribution is 7.84. The van der Waals surface area contributed by atoms with Gasteiger partial charge in [0.25, 0.3) is 5.91 Å². The number of carbonyl (C=O) groups excluding carboxylic acids is 1. The molecule has 2 aliphatic rings. The molecule has 6 rings (SSSR count). The van der Waals surface area contributed by atoms with Gasteiger partial charge in [-0.2, -0.15) is 12.7 Å². The van der Waals surface area contributed by atoms with Crippen LogP contribution in [0.2, 0.25) is 0 Å². The molecule has 0 fully saturated rings. The first kappa shape index (κ1) is 29.5. The number of carbonyl (C=O) groups is 1. The topological polar surface area (TPSA) is 121 Å². The number of fused-ring (bicyclic) bond motifs is 5. The lowest BCUT2D eigenvalue weighted by Gasteiger charge is -2.39. The van der Waals surface area contributed by atoms with Gasteiger partial charge in [0.15, 0.2) is 0 Å². The van der Waals surface area contributed by atoms with E-state index in [0.29, 0.717) is 39.5 Å². The Bertz CT molecular complexity index is 1990. The minimum atomic E-state index is -5.11. The first-order valence-electron chi connectivity index (χ1n) is 14.6.